The highest BCUT2D eigenvalue weighted by atomic mass is 19.1. The number of carbonyl (C=O) groups is 1. The molecule has 1 amide bonds. The number of fused-ring (bicyclic) bond motifs is 3. The van der Waals surface area contributed by atoms with Crippen molar-refractivity contribution in [3.05, 3.63) is 100 Å². The van der Waals surface area contributed by atoms with Crippen LogP contribution in [0.25, 0.3) is 0 Å². The van der Waals surface area contributed by atoms with Crippen molar-refractivity contribution in [2.24, 2.45) is 0 Å². The van der Waals surface area contributed by atoms with Gasteiger partial charge in [0.15, 0.2) is 0 Å². The summed E-state index contributed by atoms with van der Waals surface area (Å²) in [5.41, 5.74) is 5.82. The Morgan fingerprint density at radius 3 is 2.55 bits per heavy atom. The minimum atomic E-state index is -0.338. The summed E-state index contributed by atoms with van der Waals surface area (Å²) in [7, 11) is 2.29. The summed E-state index contributed by atoms with van der Waals surface area (Å²) in [5, 5.41) is 9.08. The molecule has 3 atom stereocenters. The van der Waals surface area contributed by atoms with Gasteiger partial charge in [-0.2, -0.15) is 5.26 Å². The molecule has 1 fully saturated rings. The van der Waals surface area contributed by atoms with Crippen LogP contribution in [0.5, 0.6) is 0 Å². The maximum absolute atomic E-state index is 13.5. The number of likely N-dealkylation sites (N-methyl/N-ethyl adjacent to an activating group) is 1. The first kappa shape index (κ1) is 21.4. The van der Waals surface area contributed by atoms with E-state index < -0.39 is 0 Å². The number of piperidine rings is 1. The van der Waals surface area contributed by atoms with Crippen LogP contribution in [0, 0.1) is 24.1 Å². The van der Waals surface area contributed by atoms with E-state index in [1.165, 1.54) is 28.8 Å². The molecule has 2 aliphatic rings. The molecule has 2 heterocycles. The molecule has 0 N–H and O–H groups in total. The second kappa shape index (κ2) is 8.13. The molecule has 4 nitrogen and oxygen atoms in total. The average Bonchev–Trinajstić information content (AvgIpc) is 3.12. The lowest BCUT2D eigenvalue weighted by molar-refractivity contribution is -0.928. The number of likely N-dealkylation sites (tertiary alicyclic amines) is 1. The van der Waals surface area contributed by atoms with E-state index in [2.05, 4.69) is 38.2 Å². The number of halogens is 1. The molecule has 0 spiro atoms. The monoisotopic (exact) mass is 440 g/mol. The van der Waals surface area contributed by atoms with E-state index in [0.717, 1.165) is 36.2 Å². The molecule has 3 aromatic carbocycles. The number of hydrogen-bond acceptors (Lipinski definition) is 2. The van der Waals surface area contributed by atoms with Gasteiger partial charge in [-0.3, -0.25) is 4.79 Å². The van der Waals surface area contributed by atoms with Gasteiger partial charge in [0.25, 0.3) is 5.91 Å². The number of benzene rings is 3. The van der Waals surface area contributed by atoms with Gasteiger partial charge < -0.3 is 9.38 Å². The predicted octanol–water partition coefficient (Wildman–Crippen LogP) is 5.17. The van der Waals surface area contributed by atoms with Crippen molar-refractivity contribution in [1.29, 1.82) is 5.26 Å². The number of aryl methyl sites for hydroxylation is 1. The van der Waals surface area contributed by atoms with Crippen molar-refractivity contribution in [2.75, 3.05) is 25.0 Å². The van der Waals surface area contributed by atoms with E-state index in [1.54, 1.807) is 12.1 Å². The Bertz CT molecular complexity index is 1250. The van der Waals surface area contributed by atoms with Crippen molar-refractivity contribution in [3.63, 3.8) is 0 Å². The number of amides is 1. The van der Waals surface area contributed by atoms with Crippen molar-refractivity contribution in [2.45, 2.75) is 31.8 Å². The molecule has 1 saturated heterocycles. The van der Waals surface area contributed by atoms with Gasteiger partial charge in [-0.05, 0) is 55.0 Å². The van der Waals surface area contributed by atoms with E-state index in [1.807, 2.05) is 29.2 Å². The van der Waals surface area contributed by atoms with Crippen molar-refractivity contribution < 1.29 is 13.7 Å². The van der Waals surface area contributed by atoms with Crippen LogP contribution in [-0.4, -0.2) is 36.6 Å². The van der Waals surface area contributed by atoms with E-state index in [-0.39, 0.29) is 23.7 Å². The fraction of sp³-hybridized carbons (Fsp3) is 0.286. The number of rotatable bonds is 3. The molecule has 2 aliphatic heterocycles. The van der Waals surface area contributed by atoms with Gasteiger partial charge in [0.1, 0.15) is 12.4 Å². The van der Waals surface area contributed by atoms with Crippen LogP contribution in [0.1, 0.15) is 45.0 Å². The molecule has 0 aliphatic carbocycles. The zero-order valence-corrected chi connectivity index (χ0v) is 19.0. The second-order valence-electron chi connectivity index (χ2n) is 9.70. The minimum Gasteiger partial charge on any atom is -0.322 e. The Morgan fingerprint density at radius 1 is 1.12 bits per heavy atom. The van der Waals surface area contributed by atoms with Crippen LogP contribution >= 0.6 is 0 Å². The van der Waals surface area contributed by atoms with Gasteiger partial charge >= 0.3 is 0 Å². The summed E-state index contributed by atoms with van der Waals surface area (Å²) < 4.78 is 14.3. The number of quaternary nitrogens is 1. The van der Waals surface area contributed by atoms with Crippen LogP contribution in [0.3, 0.4) is 0 Å². The van der Waals surface area contributed by atoms with E-state index in [4.69, 9.17) is 5.26 Å². The van der Waals surface area contributed by atoms with Crippen molar-refractivity contribution >= 4 is 11.6 Å². The second-order valence-corrected chi connectivity index (χ2v) is 9.70. The molecular weight excluding hydrogens is 413 g/mol. The molecular formula is C28H27FN3O+. The molecule has 0 bridgehead atoms. The SMILES string of the molecule is Cc1ccc2c(c1)C1C[N+](C)(Cc3ccc(C#N)cc3)CCC1N2C(=O)c1ccc(F)cc1. The highest BCUT2D eigenvalue weighted by Crippen LogP contribution is 2.47. The number of anilines is 1. The lowest BCUT2D eigenvalue weighted by Gasteiger charge is -2.44. The van der Waals surface area contributed by atoms with E-state index in [0.29, 0.717) is 11.1 Å². The number of hydrogen-bond donors (Lipinski definition) is 0. The highest BCUT2D eigenvalue weighted by Gasteiger charge is 2.49. The van der Waals surface area contributed by atoms with Crippen LogP contribution in [-0.2, 0) is 6.54 Å². The summed E-state index contributed by atoms with van der Waals surface area (Å²) in [6.45, 7) is 4.88. The van der Waals surface area contributed by atoms with Gasteiger partial charge in [0.05, 0.1) is 43.7 Å². The molecule has 33 heavy (non-hydrogen) atoms. The third kappa shape index (κ3) is 3.92. The topological polar surface area (TPSA) is 44.1 Å². The smallest absolute Gasteiger partial charge is 0.258 e. The Morgan fingerprint density at radius 2 is 1.85 bits per heavy atom. The standard InChI is InChI=1S/C28H27FN3O/c1-19-3-12-26-24(15-19)25-18-32(2,17-21-6-4-20(16-30)5-7-21)14-13-27(25)31(26)28(33)22-8-10-23(29)11-9-22/h3-12,15,25,27H,13-14,17-18H2,1-2H3/q+1. The third-order valence-corrected chi connectivity index (χ3v) is 7.20. The molecule has 0 radical (unpaired) electrons. The lowest BCUT2D eigenvalue weighted by atomic mass is 9.87. The predicted molar refractivity (Wildman–Crippen MR) is 126 cm³/mol. The van der Waals surface area contributed by atoms with Crippen molar-refractivity contribution in [1.82, 2.24) is 0 Å². The first-order valence-electron chi connectivity index (χ1n) is 11.4. The summed E-state index contributed by atoms with van der Waals surface area (Å²) in [4.78, 5) is 15.5. The van der Waals surface area contributed by atoms with Crippen LogP contribution < -0.4 is 4.90 Å². The summed E-state index contributed by atoms with van der Waals surface area (Å²) in [6.07, 6.45) is 0.901. The maximum atomic E-state index is 13.5. The molecule has 5 heteroatoms. The summed E-state index contributed by atoms with van der Waals surface area (Å²) in [5.74, 6) is -0.146. The van der Waals surface area contributed by atoms with Gasteiger partial charge in [0, 0.05) is 23.2 Å². The first-order valence-corrected chi connectivity index (χ1v) is 11.4. The van der Waals surface area contributed by atoms with E-state index in [9.17, 15) is 9.18 Å². The average molecular weight is 441 g/mol. The number of nitrogens with zero attached hydrogens (tertiary/aromatic N) is 3. The van der Waals surface area contributed by atoms with Crippen molar-refractivity contribution in [3.8, 4) is 6.07 Å². The zero-order valence-electron chi connectivity index (χ0n) is 19.0. The Kier molecular flexibility index (Phi) is 5.26. The number of nitriles is 1. The molecule has 0 saturated carbocycles. The lowest BCUT2D eigenvalue weighted by Crippen LogP contribution is -2.56. The first-order chi connectivity index (χ1) is 15.9. The molecule has 3 unspecified atom stereocenters. The Labute approximate surface area is 194 Å². The van der Waals surface area contributed by atoms with Crippen LogP contribution in [0.15, 0.2) is 66.7 Å². The summed E-state index contributed by atoms with van der Waals surface area (Å²) >= 11 is 0. The summed E-state index contributed by atoms with van der Waals surface area (Å²) in [6, 6.07) is 22.3. The fourth-order valence-electron chi connectivity index (χ4n) is 5.58. The highest BCUT2D eigenvalue weighted by molar-refractivity contribution is 6.08. The molecule has 5 rings (SSSR count). The molecule has 0 aromatic heterocycles. The van der Waals surface area contributed by atoms with Crippen LogP contribution in [0.4, 0.5) is 10.1 Å². The van der Waals surface area contributed by atoms with Gasteiger partial charge in [-0.15, -0.1) is 0 Å². The number of carbonyl (C=O) groups excluding carboxylic acids is 1. The zero-order chi connectivity index (χ0) is 23.2. The quantitative estimate of drug-likeness (QED) is 0.528. The minimum absolute atomic E-state index is 0.0594. The third-order valence-electron chi connectivity index (χ3n) is 7.20. The maximum Gasteiger partial charge on any atom is 0.258 e. The van der Waals surface area contributed by atoms with Gasteiger partial charge in [-0.1, -0.05) is 29.8 Å². The van der Waals surface area contributed by atoms with Gasteiger partial charge in [-0.25, -0.2) is 4.39 Å². The normalized spacial score (nSPS) is 23.5. The van der Waals surface area contributed by atoms with Gasteiger partial charge in [0.2, 0.25) is 0 Å². The molecule has 166 valence electrons. The fourth-order valence-corrected chi connectivity index (χ4v) is 5.58. The molecule has 3 aromatic rings. The largest absolute Gasteiger partial charge is 0.322 e. The van der Waals surface area contributed by atoms with Crippen LogP contribution in [0.2, 0.25) is 0 Å². The Balaban J connectivity index is 1.46. The van der Waals surface area contributed by atoms with E-state index >= 15 is 0 Å². The Hall–Kier alpha value is -3.49.